The van der Waals surface area contributed by atoms with E-state index in [1.54, 1.807) is 13.2 Å². The highest BCUT2D eigenvalue weighted by molar-refractivity contribution is 5.38. The maximum atomic E-state index is 13.1. The summed E-state index contributed by atoms with van der Waals surface area (Å²) in [6.45, 7) is 2.27. The highest BCUT2D eigenvalue weighted by Gasteiger charge is 2.41. The Morgan fingerprint density at radius 1 is 1.11 bits per heavy atom. The van der Waals surface area contributed by atoms with Gasteiger partial charge in [-0.15, -0.1) is 0 Å². The first-order chi connectivity index (χ1) is 18.3. The summed E-state index contributed by atoms with van der Waals surface area (Å²) in [5.41, 5.74) is 7.60. The Hall–Kier alpha value is -2.91. The summed E-state index contributed by atoms with van der Waals surface area (Å²) >= 11 is 0. The number of nitrogens with two attached hydrogens (primary N) is 1. The molecule has 3 aromatic rings. The number of likely N-dealkylation sites (tertiary alicyclic amines) is 1. The van der Waals surface area contributed by atoms with Crippen molar-refractivity contribution in [3.05, 3.63) is 76.9 Å². The lowest BCUT2D eigenvalue weighted by Gasteiger charge is -2.33. The van der Waals surface area contributed by atoms with Gasteiger partial charge in [-0.05, 0) is 74.0 Å². The van der Waals surface area contributed by atoms with Crippen LogP contribution in [0, 0.1) is 0 Å². The maximum absolute atomic E-state index is 13.1. The van der Waals surface area contributed by atoms with Gasteiger partial charge in [0.2, 0.25) is 5.89 Å². The largest absolute Gasteiger partial charge is 0.497 e. The lowest BCUT2D eigenvalue weighted by atomic mass is 9.78. The van der Waals surface area contributed by atoms with Crippen molar-refractivity contribution in [1.82, 2.24) is 15.0 Å². The van der Waals surface area contributed by atoms with E-state index in [-0.39, 0.29) is 17.4 Å². The van der Waals surface area contributed by atoms with E-state index in [2.05, 4.69) is 22.2 Å². The summed E-state index contributed by atoms with van der Waals surface area (Å²) in [4.78, 5) is 7.08. The molecule has 204 valence electrons. The lowest BCUT2D eigenvalue weighted by Crippen LogP contribution is -2.42. The Morgan fingerprint density at radius 3 is 2.47 bits per heavy atom. The summed E-state index contributed by atoms with van der Waals surface area (Å²) in [5.74, 6) is 2.22. The van der Waals surface area contributed by atoms with Crippen molar-refractivity contribution in [2.45, 2.75) is 68.5 Å². The number of alkyl halides is 3. The van der Waals surface area contributed by atoms with Gasteiger partial charge in [-0.25, -0.2) is 0 Å². The Balaban J connectivity index is 1.17. The molecule has 1 saturated heterocycles. The Morgan fingerprint density at radius 2 is 1.82 bits per heavy atom. The predicted octanol–water partition coefficient (Wildman–Crippen LogP) is 5.71. The van der Waals surface area contributed by atoms with Gasteiger partial charge in [0.15, 0.2) is 5.82 Å². The van der Waals surface area contributed by atoms with E-state index in [9.17, 15) is 13.2 Å². The Labute approximate surface area is 221 Å². The fourth-order valence-electron chi connectivity index (χ4n) is 6.10. The van der Waals surface area contributed by atoms with Gasteiger partial charge >= 0.3 is 6.18 Å². The van der Waals surface area contributed by atoms with Crippen LogP contribution in [0.2, 0.25) is 0 Å². The smallest absolute Gasteiger partial charge is 0.416 e. The van der Waals surface area contributed by atoms with Crippen LogP contribution in [-0.4, -0.2) is 47.8 Å². The first-order valence-corrected chi connectivity index (χ1v) is 13.4. The third-order valence-electron chi connectivity index (χ3n) is 8.20. The van der Waals surface area contributed by atoms with Crippen LogP contribution in [0.3, 0.4) is 0 Å². The maximum Gasteiger partial charge on any atom is 0.416 e. The molecule has 1 unspecified atom stereocenters. The van der Waals surface area contributed by atoms with Gasteiger partial charge in [0.1, 0.15) is 5.75 Å². The molecule has 2 heterocycles. The van der Waals surface area contributed by atoms with E-state index in [0.29, 0.717) is 18.9 Å². The Bertz CT molecular complexity index is 1200. The molecule has 5 rings (SSSR count). The molecule has 0 radical (unpaired) electrons. The van der Waals surface area contributed by atoms with Crippen molar-refractivity contribution < 1.29 is 22.4 Å². The van der Waals surface area contributed by atoms with Crippen molar-refractivity contribution >= 4 is 0 Å². The molecule has 1 atom stereocenters. The molecule has 0 bridgehead atoms. The number of piperidine rings is 1. The second-order valence-corrected chi connectivity index (χ2v) is 10.7. The van der Waals surface area contributed by atoms with Crippen LogP contribution in [0.15, 0.2) is 53.1 Å². The number of methoxy groups -OCH3 is 1. The van der Waals surface area contributed by atoms with E-state index < -0.39 is 11.7 Å². The van der Waals surface area contributed by atoms with Crippen LogP contribution < -0.4 is 10.5 Å². The molecule has 1 aliphatic carbocycles. The zero-order valence-electron chi connectivity index (χ0n) is 21.7. The molecule has 1 aromatic heterocycles. The zero-order valence-corrected chi connectivity index (χ0v) is 21.7. The number of hydrogen-bond acceptors (Lipinski definition) is 6. The quantitative estimate of drug-likeness (QED) is 0.404. The van der Waals surface area contributed by atoms with Gasteiger partial charge < -0.3 is 19.9 Å². The highest BCUT2D eigenvalue weighted by Crippen LogP contribution is 2.45. The fraction of sp³-hybridized carbons (Fsp3) is 0.517. The van der Waals surface area contributed by atoms with Crippen LogP contribution in [0.4, 0.5) is 13.2 Å². The monoisotopic (exact) mass is 528 g/mol. The molecular weight excluding hydrogens is 493 g/mol. The second-order valence-electron chi connectivity index (χ2n) is 10.7. The van der Waals surface area contributed by atoms with Gasteiger partial charge in [-0.2, -0.15) is 18.2 Å². The first kappa shape index (κ1) is 26.7. The standard InChI is InChI=1S/C29H35F3N4O2/c1-37-25-9-7-22(8-10-25)28(13-2-3-14-28)27-34-26(38-35-27)18-24(33)19-36-15-11-20(12-16-36)21-5-4-6-23(17-21)29(30,31)32/h4-10,17,20,24H,2-3,11-16,18-19,33H2,1H3. The number of rotatable bonds is 8. The molecule has 2 aliphatic rings. The van der Waals surface area contributed by atoms with Gasteiger partial charge in [-0.1, -0.05) is 48.3 Å². The molecule has 38 heavy (non-hydrogen) atoms. The summed E-state index contributed by atoms with van der Waals surface area (Å²) in [5, 5.41) is 4.39. The Kier molecular flexibility index (Phi) is 7.77. The van der Waals surface area contributed by atoms with Crippen LogP contribution in [-0.2, 0) is 18.0 Å². The van der Waals surface area contributed by atoms with E-state index in [0.717, 1.165) is 74.8 Å². The van der Waals surface area contributed by atoms with Crippen molar-refractivity contribution in [2.24, 2.45) is 5.73 Å². The minimum atomic E-state index is -4.32. The molecule has 1 aliphatic heterocycles. The molecule has 0 amide bonds. The summed E-state index contributed by atoms with van der Waals surface area (Å²) < 4.78 is 50.3. The predicted molar refractivity (Wildman–Crippen MR) is 138 cm³/mol. The SMILES string of the molecule is COc1ccc(C2(c3noc(CC(N)CN4CCC(c5cccc(C(F)(F)F)c5)CC4)n3)CCCC2)cc1. The third-order valence-corrected chi connectivity index (χ3v) is 8.20. The number of halogens is 3. The van der Waals surface area contributed by atoms with E-state index in [4.69, 9.17) is 20.0 Å². The molecule has 2 aromatic carbocycles. The summed E-state index contributed by atoms with van der Waals surface area (Å²) in [6, 6.07) is 13.7. The van der Waals surface area contributed by atoms with Gasteiger partial charge in [0, 0.05) is 19.0 Å². The topological polar surface area (TPSA) is 77.4 Å². The molecule has 0 spiro atoms. The van der Waals surface area contributed by atoms with Crippen molar-refractivity contribution in [1.29, 1.82) is 0 Å². The lowest BCUT2D eigenvalue weighted by molar-refractivity contribution is -0.137. The van der Waals surface area contributed by atoms with Crippen molar-refractivity contribution in [3.8, 4) is 5.75 Å². The zero-order chi connectivity index (χ0) is 26.8. The number of aromatic nitrogens is 2. The number of nitrogens with zero attached hydrogens (tertiary/aromatic N) is 3. The van der Waals surface area contributed by atoms with E-state index in [1.807, 2.05) is 12.1 Å². The summed E-state index contributed by atoms with van der Waals surface area (Å²) in [6.07, 6.45) is 1.98. The van der Waals surface area contributed by atoms with E-state index in [1.165, 1.54) is 17.7 Å². The normalized spacial score (nSPS) is 19.5. The van der Waals surface area contributed by atoms with Crippen LogP contribution in [0.25, 0.3) is 0 Å². The molecule has 2 N–H and O–H groups in total. The summed E-state index contributed by atoms with van der Waals surface area (Å²) in [7, 11) is 1.66. The highest BCUT2D eigenvalue weighted by atomic mass is 19.4. The molecular formula is C29H35F3N4O2. The average Bonchev–Trinajstić information content (AvgIpc) is 3.60. The van der Waals surface area contributed by atoms with E-state index >= 15 is 0 Å². The number of hydrogen-bond donors (Lipinski definition) is 1. The molecule has 1 saturated carbocycles. The minimum Gasteiger partial charge on any atom is -0.497 e. The number of ether oxygens (including phenoxy) is 1. The van der Waals surface area contributed by atoms with Gasteiger partial charge in [-0.3, -0.25) is 0 Å². The van der Waals surface area contributed by atoms with Gasteiger partial charge in [0.05, 0.1) is 18.1 Å². The molecule has 6 nitrogen and oxygen atoms in total. The number of benzene rings is 2. The van der Waals surface area contributed by atoms with Crippen LogP contribution in [0.5, 0.6) is 5.75 Å². The van der Waals surface area contributed by atoms with Crippen LogP contribution in [0.1, 0.15) is 72.8 Å². The second kappa shape index (κ2) is 11.1. The molecule has 2 fully saturated rings. The first-order valence-electron chi connectivity index (χ1n) is 13.4. The fourth-order valence-corrected chi connectivity index (χ4v) is 6.10. The van der Waals surface area contributed by atoms with Crippen molar-refractivity contribution in [2.75, 3.05) is 26.7 Å². The van der Waals surface area contributed by atoms with Crippen molar-refractivity contribution in [3.63, 3.8) is 0 Å². The minimum absolute atomic E-state index is 0.129. The van der Waals surface area contributed by atoms with Crippen LogP contribution >= 0.6 is 0 Å². The van der Waals surface area contributed by atoms with Gasteiger partial charge in [0.25, 0.3) is 0 Å². The third kappa shape index (κ3) is 5.73. The molecule has 9 heteroatoms. The average molecular weight is 529 g/mol.